The summed E-state index contributed by atoms with van der Waals surface area (Å²) in [6.07, 6.45) is 3.59. The van der Waals surface area contributed by atoms with Gasteiger partial charge in [-0.3, -0.25) is 0 Å². The van der Waals surface area contributed by atoms with Gasteiger partial charge in [-0.05, 0) is 19.1 Å². The van der Waals surface area contributed by atoms with Gasteiger partial charge in [-0.1, -0.05) is 0 Å². The summed E-state index contributed by atoms with van der Waals surface area (Å²) >= 11 is 0. The number of benzene rings is 1. The van der Waals surface area contributed by atoms with Crippen molar-refractivity contribution >= 4 is 5.69 Å². The minimum Gasteiger partial charge on any atom is -0.378 e. The number of anilines is 1. The van der Waals surface area contributed by atoms with Crippen LogP contribution in [0.1, 0.15) is 12.7 Å². The summed E-state index contributed by atoms with van der Waals surface area (Å²) in [7, 11) is 0. The summed E-state index contributed by atoms with van der Waals surface area (Å²) in [5, 5.41) is 3.00. The van der Waals surface area contributed by atoms with E-state index in [1.54, 1.807) is 6.20 Å². The molecule has 1 aromatic heterocycles. The smallest absolute Gasteiger partial charge is 0.160 e. The lowest BCUT2D eigenvalue weighted by atomic mass is 10.3. The average Bonchev–Trinajstić information content (AvgIpc) is 2.78. The SMILES string of the molecule is CCn1ccnc1CNc1ccc(F)c(F)c1. The minimum absolute atomic E-state index is 0.478. The monoisotopic (exact) mass is 237 g/mol. The second kappa shape index (κ2) is 4.95. The van der Waals surface area contributed by atoms with Gasteiger partial charge in [-0.25, -0.2) is 13.8 Å². The van der Waals surface area contributed by atoms with E-state index in [-0.39, 0.29) is 0 Å². The maximum Gasteiger partial charge on any atom is 0.160 e. The van der Waals surface area contributed by atoms with Crippen LogP contribution in [0, 0.1) is 11.6 Å². The van der Waals surface area contributed by atoms with Crippen molar-refractivity contribution in [3.8, 4) is 0 Å². The quantitative estimate of drug-likeness (QED) is 0.886. The lowest BCUT2D eigenvalue weighted by molar-refractivity contribution is 0.509. The molecule has 0 atom stereocenters. The van der Waals surface area contributed by atoms with Crippen molar-refractivity contribution in [2.75, 3.05) is 5.32 Å². The van der Waals surface area contributed by atoms with Gasteiger partial charge in [-0.15, -0.1) is 0 Å². The Morgan fingerprint density at radius 2 is 2.12 bits per heavy atom. The van der Waals surface area contributed by atoms with E-state index in [0.29, 0.717) is 12.2 Å². The maximum absolute atomic E-state index is 13.0. The standard InChI is InChI=1S/C12H13F2N3/c1-2-17-6-5-15-12(17)8-16-9-3-4-10(13)11(14)7-9/h3-7,16H,2,8H2,1H3. The molecule has 1 aromatic carbocycles. The third kappa shape index (κ3) is 2.61. The number of nitrogens with one attached hydrogen (secondary N) is 1. The number of rotatable bonds is 4. The minimum atomic E-state index is -0.853. The molecule has 2 rings (SSSR count). The molecule has 0 unspecified atom stereocenters. The molecule has 1 N–H and O–H groups in total. The predicted octanol–water partition coefficient (Wildman–Crippen LogP) is 2.79. The lowest BCUT2D eigenvalue weighted by Crippen LogP contribution is -2.07. The van der Waals surface area contributed by atoms with Crippen molar-refractivity contribution < 1.29 is 8.78 Å². The number of aryl methyl sites for hydroxylation is 1. The Morgan fingerprint density at radius 3 is 2.82 bits per heavy atom. The summed E-state index contributed by atoms with van der Waals surface area (Å²) in [5.74, 6) is -0.836. The highest BCUT2D eigenvalue weighted by Crippen LogP contribution is 2.13. The molecular formula is C12H13F2N3. The molecule has 0 aliphatic rings. The molecule has 2 aromatic rings. The van der Waals surface area contributed by atoms with Crippen molar-refractivity contribution in [1.29, 1.82) is 0 Å². The molecule has 1 heterocycles. The molecule has 0 amide bonds. The van der Waals surface area contributed by atoms with E-state index in [0.717, 1.165) is 24.5 Å². The molecule has 0 aliphatic heterocycles. The van der Waals surface area contributed by atoms with E-state index in [2.05, 4.69) is 10.3 Å². The zero-order valence-corrected chi connectivity index (χ0v) is 9.45. The largest absolute Gasteiger partial charge is 0.378 e. The number of hydrogen-bond acceptors (Lipinski definition) is 2. The first-order chi connectivity index (χ1) is 8.20. The Balaban J connectivity index is 2.05. The van der Waals surface area contributed by atoms with Gasteiger partial charge in [0, 0.05) is 30.7 Å². The fraction of sp³-hybridized carbons (Fsp3) is 0.250. The second-order valence-electron chi connectivity index (χ2n) is 3.61. The number of hydrogen-bond donors (Lipinski definition) is 1. The Morgan fingerprint density at radius 1 is 1.29 bits per heavy atom. The fourth-order valence-corrected chi connectivity index (χ4v) is 1.58. The van der Waals surface area contributed by atoms with Gasteiger partial charge in [0.05, 0.1) is 6.54 Å². The van der Waals surface area contributed by atoms with Crippen LogP contribution in [0.3, 0.4) is 0 Å². The van der Waals surface area contributed by atoms with Crippen LogP contribution in [0.5, 0.6) is 0 Å². The second-order valence-corrected chi connectivity index (χ2v) is 3.61. The van der Waals surface area contributed by atoms with E-state index in [4.69, 9.17) is 0 Å². The molecule has 5 heteroatoms. The first-order valence-corrected chi connectivity index (χ1v) is 5.39. The topological polar surface area (TPSA) is 29.9 Å². The Bertz CT molecular complexity index is 508. The molecule has 0 aliphatic carbocycles. The van der Waals surface area contributed by atoms with Gasteiger partial charge >= 0.3 is 0 Å². The van der Waals surface area contributed by atoms with Gasteiger partial charge in [0.15, 0.2) is 11.6 Å². The predicted molar refractivity (Wildman–Crippen MR) is 61.6 cm³/mol. The van der Waals surface area contributed by atoms with Gasteiger partial charge in [-0.2, -0.15) is 0 Å². The van der Waals surface area contributed by atoms with E-state index >= 15 is 0 Å². The van der Waals surface area contributed by atoms with Crippen LogP contribution in [0.15, 0.2) is 30.6 Å². The number of halogens is 2. The van der Waals surface area contributed by atoms with Crippen LogP contribution < -0.4 is 5.32 Å². The number of nitrogens with zero attached hydrogens (tertiary/aromatic N) is 2. The van der Waals surface area contributed by atoms with Crippen molar-refractivity contribution in [2.45, 2.75) is 20.0 Å². The van der Waals surface area contributed by atoms with Crippen LogP contribution in [-0.4, -0.2) is 9.55 Å². The molecule has 17 heavy (non-hydrogen) atoms. The average molecular weight is 237 g/mol. The van der Waals surface area contributed by atoms with Gasteiger partial charge in [0.1, 0.15) is 5.82 Å². The van der Waals surface area contributed by atoms with Crippen LogP contribution in [0.2, 0.25) is 0 Å². The number of imidazole rings is 1. The molecule has 0 saturated heterocycles. The van der Waals surface area contributed by atoms with Crippen LogP contribution >= 0.6 is 0 Å². The van der Waals surface area contributed by atoms with Gasteiger partial charge in [0.2, 0.25) is 0 Å². The molecule has 0 fully saturated rings. The third-order valence-corrected chi connectivity index (χ3v) is 2.51. The molecular weight excluding hydrogens is 224 g/mol. The zero-order chi connectivity index (χ0) is 12.3. The molecule has 90 valence electrons. The normalized spacial score (nSPS) is 10.5. The first kappa shape index (κ1) is 11.6. The first-order valence-electron chi connectivity index (χ1n) is 5.39. The van der Waals surface area contributed by atoms with Crippen LogP contribution in [0.25, 0.3) is 0 Å². The third-order valence-electron chi connectivity index (χ3n) is 2.51. The summed E-state index contributed by atoms with van der Waals surface area (Å²) in [4.78, 5) is 4.17. The fourth-order valence-electron chi connectivity index (χ4n) is 1.58. The van der Waals surface area contributed by atoms with Crippen molar-refractivity contribution in [1.82, 2.24) is 9.55 Å². The number of aromatic nitrogens is 2. The van der Waals surface area contributed by atoms with Crippen molar-refractivity contribution in [2.24, 2.45) is 0 Å². The zero-order valence-electron chi connectivity index (χ0n) is 9.45. The van der Waals surface area contributed by atoms with E-state index in [1.807, 2.05) is 17.7 Å². The van der Waals surface area contributed by atoms with E-state index in [1.165, 1.54) is 6.07 Å². The Hall–Kier alpha value is -1.91. The molecule has 0 radical (unpaired) electrons. The molecule has 0 bridgehead atoms. The summed E-state index contributed by atoms with van der Waals surface area (Å²) in [6.45, 7) is 3.32. The Kier molecular flexibility index (Phi) is 3.37. The highest BCUT2D eigenvalue weighted by atomic mass is 19.2. The summed E-state index contributed by atoms with van der Waals surface area (Å²) < 4.78 is 27.6. The highest BCUT2D eigenvalue weighted by molar-refractivity contribution is 5.43. The summed E-state index contributed by atoms with van der Waals surface area (Å²) in [6, 6.07) is 3.73. The highest BCUT2D eigenvalue weighted by Gasteiger charge is 2.04. The van der Waals surface area contributed by atoms with Crippen molar-refractivity contribution in [3.63, 3.8) is 0 Å². The maximum atomic E-state index is 13.0. The van der Waals surface area contributed by atoms with Crippen LogP contribution in [0.4, 0.5) is 14.5 Å². The van der Waals surface area contributed by atoms with E-state index < -0.39 is 11.6 Å². The van der Waals surface area contributed by atoms with Gasteiger partial charge in [0.25, 0.3) is 0 Å². The summed E-state index contributed by atoms with van der Waals surface area (Å²) in [5.41, 5.74) is 0.537. The molecule has 0 spiro atoms. The van der Waals surface area contributed by atoms with E-state index in [9.17, 15) is 8.78 Å². The van der Waals surface area contributed by atoms with Crippen LogP contribution in [-0.2, 0) is 13.1 Å². The molecule has 3 nitrogen and oxygen atoms in total. The molecule has 0 saturated carbocycles. The van der Waals surface area contributed by atoms with Gasteiger partial charge < -0.3 is 9.88 Å². The van der Waals surface area contributed by atoms with Crippen molar-refractivity contribution in [3.05, 3.63) is 48.1 Å². The Labute approximate surface area is 98.1 Å². The lowest BCUT2D eigenvalue weighted by Gasteiger charge is -2.08.